The minimum atomic E-state index is 0.711. The Morgan fingerprint density at radius 3 is 2.86 bits per heavy atom. The molecular formula is C15H16ClN3OS. The zero-order chi connectivity index (χ0) is 15.0. The van der Waals surface area contributed by atoms with Gasteiger partial charge in [0.2, 0.25) is 0 Å². The Balaban J connectivity index is 1.89. The molecule has 2 N–H and O–H groups in total. The van der Waals surface area contributed by atoms with Gasteiger partial charge in [-0.3, -0.25) is 0 Å². The van der Waals surface area contributed by atoms with Gasteiger partial charge in [-0.2, -0.15) is 0 Å². The Morgan fingerprint density at radius 1 is 1.43 bits per heavy atom. The van der Waals surface area contributed by atoms with E-state index in [0.29, 0.717) is 6.54 Å². The van der Waals surface area contributed by atoms with Crippen molar-refractivity contribution in [2.24, 2.45) is 5.73 Å². The van der Waals surface area contributed by atoms with E-state index < -0.39 is 0 Å². The molecule has 0 atom stereocenters. The third kappa shape index (κ3) is 2.99. The van der Waals surface area contributed by atoms with Gasteiger partial charge in [0.1, 0.15) is 5.76 Å². The summed E-state index contributed by atoms with van der Waals surface area (Å²) in [6, 6.07) is 3.97. The second-order valence-corrected chi connectivity index (χ2v) is 6.91. The van der Waals surface area contributed by atoms with Crippen molar-refractivity contribution in [2.75, 3.05) is 6.54 Å². The van der Waals surface area contributed by atoms with E-state index in [9.17, 15) is 0 Å². The van der Waals surface area contributed by atoms with E-state index in [1.165, 1.54) is 4.88 Å². The number of halogens is 1. The fourth-order valence-corrected chi connectivity index (χ4v) is 3.64. The Bertz CT molecular complexity index is 710. The SMILES string of the molecule is Cc1noc(C)c1C1=CN(Cc2ccc(Cl)s2)CC(N)=C1. The molecule has 0 saturated carbocycles. The van der Waals surface area contributed by atoms with Gasteiger partial charge >= 0.3 is 0 Å². The molecule has 21 heavy (non-hydrogen) atoms. The largest absolute Gasteiger partial charge is 0.401 e. The highest BCUT2D eigenvalue weighted by atomic mass is 35.5. The first-order chi connectivity index (χ1) is 10.0. The maximum absolute atomic E-state index is 6.09. The number of allylic oxidation sites excluding steroid dienone is 2. The highest BCUT2D eigenvalue weighted by molar-refractivity contribution is 7.16. The second kappa shape index (κ2) is 5.58. The van der Waals surface area contributed by atoms with Crippen LogP contribution in [-0.4, -0.2) is 16.6 Å². The van der Waals surface area contributed by atoms with E-state index in [2.05, 4.69) is 16.3 Å². The number of aryl methyl sites for hydroxylation is 2. The summed E-state index contributed by atoms with van der Waals surface area (Å²) in [6.07, 6.45) is 4.10. The van der Waals surface area contributed by atoms with Gasteiger partial charge in [-0.1, -0.05) is 16.8 Å². The van der Waals surface area contributed by atoms with E-state index in [4.69, 9.17) is 21.9 Å². The number of nitrogens with two attached hydrogens (primary N) is 1. The molecule has 0 spiro atoms. The molecule has 0 unspecified atom stereocenters. The summed E-state index contributed by atoms with van der Waals surface area (Å²) in [5.74, 6) is 0.809. The predicted molar refractivity (Wildman–Crippen MR) is 86.0 cm³/mol. The van der Waals surface area contributed by atoms with Crippen LogP contribution in [0, 0.1) is 13.8 Å². The van der Waals surface area contributed by atoms with Crippen LogP contribution in [0.2, 0.25) is 4.34 Å². The van der Waals surface area contributed by atoms with Crippen molar-refractivity contribution in [3.8, 4) is 0 Å². The van der Waals surface area contributed by atoms with E-state index >= 15 is 0 Å². The highest BCUT2D eigenvalue weighted by Crippen LogP contribution is 2.29. The van der Waals surface area contributed by atoms with Crippen LogP contribution in [0.3, 0.4) is 0 Å². The van der Waals surface area contributed by atoms with Crippen LogP contribution in [0.1, 0.15) is 21.9 Å². The van der Waals surface area contributed by atoms with Crippen LogP contribution in [0.5, 0.6) is 0 Å². The lowest BCUT2D eigenvalue weighted by atomic mass is 10.0. The Morgan fingerprint density at radius 2 is 2.24 bits per heavy atom. The Labute approximate surface area is 132 Å². The molecule has 0 aromatic carbocycles. The standard InChI is InChI=1S/C15H16ClN3OS/c1-9-15(10(2)20-18-9)11-5-12(17)7-19(6-11)8-13-3-4-14(16)21-13/h3-6H,7-8,17H2,1-2H3. The van der Waals surface area contributed by atoms with Crippen LogP contribution >= 0.6 is 22.9 Å². The molecule has 0 radical (unpaired) electrons. The zero-order valence-corrected chi connectivity index (χ0v) is 13.5. The molecule has 0 saturated heterocycles. The van der Waals surface area contributed by atoms with Gasteiger partial charge < -0.3 is 15.2 Å². The molecule has 110 valence electrons. The van der Waals surface area contributed by atoms with Crippen LogP contribution in [0.15, 0.2) is 34.6 Å². The second-order valence-electron chi connectivity index (χ2n) is 5.11. The number of hydrogen-bond acceptors (Lipinski definition) is 5. The first-order valence-electron chi connectivity index (χ1n) is 6.62. The zero-order valence-electron chi connectivity index (χ0n) is 11.9. The fraction of sp³-hybridized carbons (Fsp3) is 0.267. The van der Waals surface area contributed by atoms with Crippen LogP contribution in [0.25, 0.3) is 5.57 Å². The van der Waals surface area contributed by atoms with Gasteiger partial charge in [0, 0.05) is 27.9 Å². The van der Waals surface area contributed by atoms with E-state index in [0.717, 1.165) is 39.2 Å². The molecule has 2 aromatic rings. The van der Waals surface area contributed by atoms with E-state index in [-0.39, 0.29) is 0 Å². The average Bonchev–Trinajstić information content (AvgIpc) is 2.95. The number of nitrogens with zero attached hydrogens (tertiary/aromatic N) is 2. The molecule has 3 heterocycles. The lowest BCUT2D eigenvalue weighted by molar-refractivity contribution is 0.392. The van der Waals surface area contributed by atoms with Crippen LogP contribution in [-0.2, 0) is 6.54 Å². The molecule has 1 aliphatic heterocycles. The Hall–Kier alpha value is -1.72. The first-order valence-corrected chi connectivity index (χ1v) is 7.82. The van der Waals surface area contributed by atoms with E-state index in [1.54, 1.807) is 11.3 Å². The summed E-state index contributed by atoms with van der Waals surface area (Å²) in [6.45, 7) is 5.36. The third-order valence-corrected chi connectivity index (χ3v) is 4.57. The molecular weight excluding hydrogens is 306 g/mol. The number of aromatic nitrogens is 1. The molecule has 0 bridgehead atoms. The molecule has 4 nitrogen and oxygen atoms in total. The molecule has 2 aromatic heterocycles. The summed E-state index contributed by atoms with van der Waals surface area (Å²) >= 11 is 7.58. The quantitative estimate of drug-likeness (QED) is 0.936. The van der Waals surface area contributed by atoms with Crippen molar-refractivity contribution in [2.45, 2.75) is 20.4 Å². The lowest BCUT2D eigenvalue weighted by Gasteiger charge is -2.25. The minimum Gasteiger partial charge on any atom is -0.401 e. The molecule has 0 amide bonds. The molecule has 3 rings (SSSR count). The van der Waals surface area contributed by atoms with Crippen molar-refractivity contribution in [3.05, 3.63) is 56.3 Å². The summed E-state index contributed by atoms with van der Waals surface area (Å²) < 4.78 is 6.05. The normalized spacial score (nSPS) is 15.1. The third-order valence-electron chi connectivity index (χ3n) is 3.36. The highest BCUT2D eigenvalue weighted by Gasteiger charge is 2.18. The molecule has 0 aliphatic carbocycles. The predicted octanol–water partition coefficient (Wildman–Crippen LogP) is 3.71. The average molecular weight is 322 g/mol. The Kier molecular flexibility index (Phi) is 3.78. The van der Waals surface area contributed by atoms with Gasteiger partial charge in [-0.15, -0.1) is 11.3 Å². The summed E-state index contributed by atoms with van der Waals surface area (Å²) in [7, 11) is 0. The lowest BCUT2D eigenvalue weighted by Crippen LogP contribution is -2.25. The van der Waals surface area contributed by atoms with Crippen LogP contribution in [0.4, 0.5) is 0 Å². The summed E-state index contributed by atoms with van der Waals surface area (Å²) in [4.78, 5) is 3.39. The minimum absolute atomic E-state index is 0.711. The number of rotatable bonds is 3. The number of thiophene rings is 1. The van der Waals surface area contributed by atoms with Gasteiger partial charge in [-0.05, 0) is 32.1 Å². The smallest absolute Gasteiger partial charge is 0.141 e. The molecule has 1 aliphatic rings. The summed E-state index contributed by atoms with van der Waals surface area (Å²) in [5, 5.41) is 4.01. The van der Waals surface area contributed by atoms with Crippen molar-refractivity contribution in [3.63, 3.8) is 0 Å². The fourth-order valence-electron chi connectivity index (χ4n) is 2.53. The van der Waals surface area contributed by atoms with Crippen molar-refractivity contribution in [1.29, 1.82) is 0 Å². The van der Waals surface area contributed by atoms with Crippen molar-refractivity contribution < 1.29 is 4.52 Å². The topological polar surface area (TPSA) is 55.3 Å². The van der Waals surface area contributed by atoms with E-state index in [1.807, 2.05) is 32.1 Å². The maximum Gasteiger partial charge on any atom is 0.141 e. The summed E-state index contributed by atoms with van der Waals surface area (Å²) in [5.41, 5.74) is 9.85. The van der Waals surface area contributed by atoms with Crippen molar-refractivity contribution in [1.82, 2.24) is 10.1 Å². The van der Waals surface area contributed by atoms with Crippen molar-refractivity contribution >= 4 is 28.5 Å². The molecule has 0 fully saturated rings. The van der Waals surface area contributed by atoms with Gasteiger partial charge in [0.25, 0.3) is 0 Å². The van der Waals surface area contributed by atoms with Crippen LogP contribution < -0.4 is 5.73 Å². The monoisotopic (exact) mass is 321 g/mol. The maximum atomic E-state index is 6.09. The van der Waals surface area contributed by atoms with Gasteiger partial charge in [-0.25, -0.2) is 0 Å². The first kappa shape index (κ1) is 14.2. The van der Waals surface area contributed by atoms with Gasteiger partial charge in [0.15, 0.2) is 0 Å². The molecule has 6 heteroatoms. The van der Waals surface area contributed by atoms with Gasteiger partial charge in [0.05, 0.1) is 23.1 Å². The number of hydrogen-bond donors (Lipinski definition) is 1.